The van der Waals surface area contributed by atoms with Crippen LogP contribution in [-0.2, 0) is 30.6 Å². The normalized spacial score (nSPS) is 13.5. The Balaban J connectivity index is 1.26. The molecular weight excluding hydrogens is 522 g/mol. The molecule has 3 amide bonds. The second-order valence-electron chi connectivity index (χ2n) is 9.50. The minimum absolute atomic E-state index is 0.0175. The zero-order valence-electron chi connectivity index (χ0n) is 22.9. The lowest BCUT2D eigenvalue weighted by Gasteiger charge is -2.22. The van der Waals surface area contributed by atoms with E-state index in [0.717, 1.165) is 12.0 Å². The summed E-state index contributed by atoms with van der Waals surface area (Å²) in [6, 6.07) is 25.2. The molecule has 4 rings (SSSR count). The van der Waals surface area contributed by atoms with Crippen molar-refractivity contribution in [3.63, 3.8) is 0 Å². The number of nitrogens with zero attached hydrogens (tertiary/aromatic N) is 1. The Hall–Kier alpha value is -4.47. The van der Waals surface area contributed by atoms with Crippen LogP contribution in [0.1, 0.15) is 31.2 Å². The standard InChI is InChI=1S/C32H35N3O6/c36-30(15-8-3-9-21-35-31(37)16-10-22-40-35)34-29(24-39-23-25-11-4-1-5-12-25)32(38)33-26-17-19-28(20-18-26)41-27-13-6-2-7-14-27/h1-2,4-7,10-14,16-20,29H,3,8-9,15,21-24H2,(H,33,38)(H,34,36). The molecule has 9 heteroatoms. The van der Waals surface area contributed by atoms with Gasteiger partial charge >= 0.3 is 0 Å². The predicted octanol–water partition coefficient (Wildman–Crippen LogP) is 5.01. The molecular formula is C32H35N3O6. The van der Waals surface area contributed by atoms with E-state index in [1.807, 2.05) is 60.7 Å². The molecule has 1 aliphatic heterocycles. The van der Waals surface area contributed by atoms with Crippen molar-refractivity contribution in [1.29, 1.82) is 0 Å². The SMILES string of the molecule is O=C(CCCCCN1OCC=CC1=O)NC(COCc1ccccc1)C(=O)Nc1ccc(Oc2ccccc2)cc1. The van der Waals surface area contributed by atoms with Gasteiger partial charge in [-0.25, -0.2) is 5.06 Å². The Bertz CT molecular complexity index is 1280. The minimum atomic E-state index is -0.877. The molecule has 3 aromatic rings. The molecule has 0 bridgehead atoms. The summed E-state index contributed by atoms with van der Waals surface area (Å²) < 4.78 is 11.6. The molecule has 0 fully saturated rings. The number of carbonyl (C=O) groups is 3. The smallest absolute Gasteiger partial charge is 0.269 e. The highest BCUT2D eigenvalue weighted by Crippen LogP contribution is 2.22. The minimum Gasteiger partial charge on any atom is -0.457 e. The first kappa shape index (κ1) is 29.5. The Kier molecular flexibility index (Phi) is 11.5. The number of unbranched alkanes of at least 4 members (excludes halogenated alkanes) is 2. The van der Waals surface area contributed by atoms with Gasteiger partial charge in [0.05, 0.1) is 19.8 Å². The number of amides is 3. The molecule has 3 aromatic carbocycles. The number of hydrogen-bond acceptors (Lipinski definition) is 6. The summed E-state index contributed by atoms with van der Waals surface area (Å²) in [6.07, 6.45) is 5.49. The van der Waals surface area contributed by atoms with Crippen LogP contribution in [-0.4, -0.2) is 48.6 Å². The first-order chi connectivity index (χ1) is 20.1. The third-order valence-corrected chi connectivity index (χ3v) is 6.25. The van der Waals surface area contributed by atoms with E-state index >= 15 is 0 Å². The van der Waals surface area contributed by atoms with Crippen molar-refractivity contribution in [3.05, 3.63) is 103 Å². The second-order valence-corrected chi connectivity index (χ2v) is 9.50. The molecule has 214 valence electrons. The number of hydrogen-bond donors (Lipinski definition) is 2. The van der Waals surface area contributed by atoms with Crippen molar-refractivity contribution < 1.29 is 28.7 Å². The zero-order valence-corrected chi connectivity index (χ0v) is 22.9. The summed E-state index contributed by atoms with van der Waals surface area (Å²) in [5.41, 5.74) is 1.54. The summed E-state index contributed by atoms with van der Waals surface area (Å²) in [6.45, 7) is 1.19. The molecule has 0 spiro atoms. The third kappa shape index (κ3) is 10.2. The summed E-state index contributed by atoms with van der Waals surface area (Å²) in [4.78, 5) is 42.9. The van der Waals surface area contributed by atoms with Gasteiger partial charge in [0.25, 0.3) is 5.91 Å². The third-order valence-electron chi connectivity index (χ3n) is 6.25. The maximum absolute atomic E-state index is 13.2. The van der Waals surface area contributed by atoms with Crippen molar-refractivity contribution in [1.82, 2.24) is 10.4 Å². The Morgan fingerprint density at radius 3 is 2.32 bits per heavy atom. The van der Waals surface area contributed by atoms with Crippen LogP contribution in [0.2, 0.25) is 0 Å². The van der Waals surface area contributed by atoms with Crippen molar-refractivity contribution in [2.75, 3.05) is 25.1 Å². The molecule has 0 aliphatic carbocycles. The molecule has 1 atom stereocenters. The molecule has 1 unspecified atom stereocenters. The Morgan fingerprint density at radius 1 is 0.878 bits per heavy atom. The van der Waals surface area contributed by atoms with E-state index < -0.39 is 6.04 Å². The quantitative estimate of drug-likeness (QED) is 0.255. The topological polar surface area (TPSA) is 106 Å². The van der Waals surface area contributed by atoms with E-state index in [-0.39, 0.29) is 30.7 Å². The van der Waals surface area contributed by atoms with Gasteiger partial charge in [0.15, 0.2) is 0 Å². The number of rotatable bonds is 15. The molecule has 0 radical (unpaired) electrons. The van der Waals surface area contributed by atoms with Crippen molar-refractivity contribution in [2.24, 2.45) is 0 Å². The van der Waals surface area contributed by atoms with Gasteiger partial charge in [0.1, 0.15) is 17.5 Å². The highest BCUT2D eigenvalue weighted by molar-refractivity contribution is 5.97. The lowest BCUT2D eigenvalue weighted by Crippen LogP contribution is -2.46. The fourth-order valence-electron chi connectivity index (χ4n) is 4.10. The number of carbonyl (C=O) groups excluding carboxylic acids is 3. The summed E-state index contributed by atoms with van der Waals surface area (Å²) >= 11 is 0. The van der Waals surface area contributed by atoms with Crippen molar-refractivity contribution >= 4 is 23.4 Å². The van der Waals surface area contributed by atoms with Gasteiger partial charge in [-0.2, -0.15) is 0 Å². The van der Waals surface area contributed by atoms with E-state index in [2.05, 4.69) is 10.6 Å². The maximum Gasteiger partial charge on any atom is 0.269 e. The van der Waals surface area contributed by atoms with Crippen LogP contribution in [0.25, 0.3) is 0 Å². The van der Waals surface area contributed by atoms with E-state index in [9.17, 15) is 14.4 Å². The van der Waals surface area contributed by atoms with Crippen molar-refractivity contribution in [3.8, 4) is 11.5 Å². The van der Waals surface area contributed by atoms with Gasteiger partial charge < -0.3 is 20.1 Å². The fourth-order valence-corrected chi connectivity index (χ4v) is 4.10. The first-order valence-electron chi connectivity index (χ1n) is 13.7. The average Bonchev–Trinajstić information content (AvgIpc) is 2.99. The molecule has 1 aliphatic rings. The number of anilines is 1. The summed E-state index contributed by atoms with van der Waals surface area (Å²) in [7, 11) is 0. The number of para-hydroxylation sites is 1. The fraction of sp³-hybridized carbons (Fsp3) is 0.281. The van der Waals surface area contributed by atoms with Gasteiger partial charge in [-0.3, -0.25) is 19.2 Å². The lowest BCUT2D eigenvalue weighted by molar-refractivity contribution is -0.180. The molecule has 41 heavy (non-hydrogen) atoms. The summed E-state index contributed by atoms with van der Waals surface area (Å²) in [5.74, 6) is 0.563. The first-order valence-corrected chi connectivity index (χ1v) is 13.7. The number of hydroxylamine groups is 2. The molecule has 0 saturated carbocycles. The van der Waals surface area contributed by atoms with Gasteiger partial charge in [-0.15, -0.1) is 0 Å². The lowest BCUT2D eigenvalue weighted by atomic mass is 10.1. The largest absolute Gasteiger partial charge is 0.457 e. The predicted molar refractivity (Wildman–Crippen MR) is 155 cm³/mol. The van der Waals surface area contributed by atoms with Crippen LogP contribution >= 0.6 is 0 Å². The molecule has 0 saturated heterocycles. The van der Waals surface area contributed by atoms with Crippen LogP contribution in [0.4, 0.5) is 5.69 Å². The molecule has 9 nitrogen and oxygen atoms in total. The van der Waals surface area contributed by atoms with Crippen molar-refractivity contribution in [2.45, 2.75) is 38.3 Å². The maximum atomic E-state index is 13.2. The molecule has 2 N–H and O–H groups in total. The van der Waals surface area contributed by atoms with Gasteiger partial charge in [0, 0.05) is 24.7 Å². The molecule has 0 aromatic heterocycles. The highest BCUT2D eigenvalue weighted by atomic mass is 16.7. The van der Waals surface area contributed by atoms with Crippen LogP contribution in [0.15, 0.2) is 97.1 Å². The van der Waals surface area contributed by atoms with E-state index in [4.69, 9.17) is 14.3 Å². The zero-order chi connectivity index (χ0) is 28.7. The van der Waals surface area contributed by atoms with Crippen LogP contribution < -0.4 is 15.4 Å². The van der Waals surface area contributed by atoms with E-state index in [1.165, 1.54) is 11.1 Å². The van der Waals surface area contributed by atoms with Crippen LogP contribution in [0.5, 0.6) is 11.5 Å². The number of benzene rings is 3. The van der Waals surface area contributed by atoms with Crippen LogP contribution in [0, 0.1) is 0 Å². The second kappa shape index (κ2) is 16.0. The molecule has 1 heterocycles. The average molecular weight is 558 g/mol. The van der Waals surface area contributed by atoms with Gasteiger partial charge in [0.2, 0.25) is 11.8 Å². The van der Waals surface area contributed by atoms with Gasteiger partial charge in [-0.05, 0) is 54.8 Å². The Labute approximate surface area is 240 Å². The van der Waals surface area contributed by atoms with Gasteiger partial charge in [-0.1, -0.05) is 61.0 Å². The van der Waals surface area contributed by atoms with Crippen LogP contribution in [0.3, 0.4) is 0 Å². The monoisotopic (exact) mass is 557 g/mol. The number of ether oxygens (including phenoxy) is 2. The summed E-state index contributed by atoms with van der Waals surface area (Å²) in [5, 5.41) is 7.01. The van der Waals surface area contributed by atoms with E-state index in [0.29, 0.717) is 49.8 Å². The highest BCUT2D eigenvalue weighted by Gasteiger charge is 2.22. The Morgan fingerprint density at radius 2 is 1.59 bits per heavy atom. The van der Waals surface area contributed by atoms with E-state index in [1.54, 1.807) is 30.3 Å². The number of nitrogens with one attached hydrogen (secondary N) is 2.